The molecule has 0 radical (unpaired) electrons. The molecule has 0 bridgehead atoms. The molecule has 1 N–H and O–H groups in total. The van der Waals surface area contributed by atoms with Crippen LogP contribution >= 0.6 is 0 Å². The Kier molecular flexibility index (Phi) is 7.52. The Balaban J connectivity index is 1.72. The average Bonchev–Trinajstić information content (AvgIpc) is 2.61. The molecule has 6 heteroatoms. The van der Waals surface area contributed by atoms with Crippen LogP contribution in [-0.2, 0) is 16.6 Å². The topological polar surface area (TPSA) is 58.6 Å². The molecule has 1 aliphatic heterocycles. The minimum Gasteiger partial charge on any atom is -0.494 e. The van der Waals surface area contributed by atoms with Crippen LogP contribution in [-0.4, -0.2) is 44.2 Å². The van der Waals surface area contributed by atoms with Crippen molar-refractivity contribution in [1.82, 2.24) is 9.62 Å². The van der Waals surface area contributed by atoms with Crippen LogP contribution in [0.3, 0.4) is 0 Å². The van der Waals surface area contributed by atoms with Crippen molar-refractivity contribution in [3.8, 4) is 5.75 Å². The molecule has 1 aromatic carbocycles. The fourth-order valence-corrected chi connectivity index (χ4v) is 3.95. The van der Waals surface area contributed by atoms with E-state index in [2.05, 4.69) is 24.4 Å². The van der Waals surface area contributed by atoms with Gasteiger partial charge in [0.25, 0.3) is 0 Å². The van der Waals surface area contributed by atoms with Crippen LogP contribution in [0.25, 0.3) is 0 Å². The summed E-state index contributed by atoms with van der Waals surface area (Å²) in [6, 6.07) is 8.59. The molecule has 24 heavy (non-hydrogen) atoms. The Morgan fingerprint density at radius 2 is 1.83 bits per heavy atom. The van der Waals surface area contributed by atoms with E-state index < -0.39 is 10.0 Å². The number of nitrogens with one attached hydrogen (secondary N) is 1. The summed E-state index contributed by atoms with van der Waals surface area (Å²) in [5.74, 6) is 1.11. The number of unbranched alkanes of at least 4 members (excludes halogenated alkanes) is 1. The van der Waals surface area contributed by atoms with Crippen molar-refractivity contribution in [2.45, 2.75) is 52.1 Å². The Hall–Kier alpha value is -1.11. The summed E-state index contributed by atoms with van der Waals surface area (Å²) < 4.78 is 31.0. The third-order valence-electron chi connectivity index (χ3n) is 4.50. The zero-order valence-corrected chi connectivity index (χ0v) is 15.6. The molecule has 1 fully saturated rings. The third-order valence-corrected chi connectivity index (χ3v) is 6.38. The maximum Gasteiger partial charge on any atom is 0.213 e. The molecule has 5 nitrogen and oxygen atoms in total. The predicted molar refractivity (Wildman–Crippen MR) is 97.7 cm³/mol. The van der Waals surface area contributed by atoms with Gasteiger partial charge >= 0.3 is 0 Å². The number of piperidine rings is 1. The average molecular weight is 355 g/mol. The van der Waals surface area contributed by atoms with Crippen molar-refractivity contribution in [2.24, 2.45) is 0 Å². The number of ether oxygens (including phenoxy) is 1. The van der Waals surface area contributed by atoms with E-state index >= 15 is 0 Å². The second kappa shape index (κ2) is 9.39. The number of benzene rings is 1. The summed E-state index contributed by atoms with van der Waals surface area (Å²) in [7, 11) is -3.03. The molecular formula is C18H30N2O3S. The Morgan fingerprint density at radius 3 is 2.42 bits per heavy atom. The zero-order chi connectivity index (χ0) is 17.4. The molecule has 0 spiro atoms. The van der Waals surface area contributed by atoms with Crippen LogP contribution in [0.15, 0.2) is 24.3 Å². The number of hydrogen-bond acceptors (Lipinski definition) is 4. The van der Waals surface area contributed by atoms with E-state index in [1.165, 1.54) is 5.56 Å². The van der Waals surface area contributed by atoms with Gasteiger partial charge < -0.3 is 10.1 Å². The monoisotopic (exact) mass is 354 g/mol. The molecule has 1 aromatic rings. The zero-order valence-electron chi connectivity index (χ0n) is 14.8. The van der Waals surface area contributed by atoms with Gasteiger partial charge in [-0.25, -0.2) is 12.7 Å². The van der Waals surface area contributed by atoms with Gasteiger partial charge in [0.2, 0.25) is 10.0 Å². The Morgan fingerprint density at radius 1 is 1.17 bits per heavy atom. The highest BCUT2D eigenvalue weighted by Crippen LogP contribution is 2.16. The second-order valence-electron chi connectivity index (χ2n) is 6.30. The van der Waals surface area contributed by atoms with Crippen molar-refractivity contribution < 1.29 is 13.2 Å². The largest absolute Gasteiger partial charge is 0.494 e. The number of hydrogen-bond donors (Lipinski definition) is 1. The Bertz CT molecular complexity index is 579. The highest BCUT2D eigenvalue weighted by atomic mass is 32.2. The molecule has 0 unspecified atom stereocenters. The first-order valence-corrected chi connectivity index (χ1v) is 10.6. The summed E-state index contributed by atoms with van der Waals surface area (Å²) in [4.78, 5) is 0. The molecule has 0 saturated carbocycles. The van der Waals surface area contributed by atoms with E-state index in [4.69, 9.17) is 4.74 Å². The normalized spacial score (nSPS) is 17.1. The predicted octanol–water partition coefficient (Wildman–Crippen LogP) is 2.77. The minimum absolute atomic E-state index is 0.192. The van der Waals surface area contributed by atoms with E-state index in [1.54, 1.807) is 11.2 Å². The summed E-state index contributed by atoms with van der Waals surface area (Å²) >= 11 is 0. The molecule has 0 aromatic heterocycles. The lowest BCUT2D eigenvalue weighted by molar-refractivity contribution is 0.289. The molecule has 0 amide bonds. The van der Waals surface area contributed by atoms with E-state index in [9.17, 15) is 8.42 Å². The molecule has 1 aliphatic rings. The van der Waals surface area contributed by atoms with Gasteiger partial charge in [-0.05, 0) is 43.9 Å². The number of nitrogens with zero attached hydrogens (tertiary/aromatic N) is 1. The maximum absolute atomic E-state index is 11.9. The molecule has 1 saturated heterocycles. The fourth-order valence-electron chi connectivity index (χ4n) is 2.82. The van der Waals surface area contributed by atoms with Crippen LogP contribution in [0.2, 0.25) is 0 Å². The van der Waals surface area contributed by atoms with Gasteiger partial charge in [-0.3, -0.25) is 0 Å². The summed E-state index contributed by atoms with van der Waals surface area (Å²) in [5.41, 5.74) is 1.22. The lowest BCUT2D eigenvalue weighted by atomic mass is 10.1. The molecule has 0 aliphatic carbocycles. The minimum atomic E-state index is -3.03. The van der Waals surface area contributed by atoms with Crippen molar-refractivity contribution in [2.75, 3.05) is 25.4 Å². The quantitative estimate of drug-likeness (QED) is 0.693. The lowest BCUT2D eigenvalue weighted by Crippen LogP contribution is -2.45. The lowest BCUT2D eigenvalue weighted by Gasteiger charge is -2.31. The first kappa shape index (κ1) is 19.2. The van der Waals surface area contributed by atoms with E-state index in [0.29, 0.717) is 19.1 Å². The Labute approximate surface area is 146 Å². The highest BCUT2D eigenvalue weighted by Gasteiger charge is 2.26. The number of sulfonamides is 1. The van der Waals surface area contributed by atoms with Crippen LogP contribution in [0.5, 0.6) is 5.75 Å². The van der Waals surface area contributed by atoms with Gasteiger partial charge in [-0.15, -0.1) is 0 Å². The van der Waals surface area contributed by atoms with Crippen LogP contribution in [0, 0.1) is 0 Å². The summed E-state index contributed by atoms with van der Waals surface area (Å²) in [5, 5.41) is 3.54. The first-order valence-electron chi connectivity index (χ1n) is 8.98. The van der Waals surface area contributed by atoms with Crippen molar-refractivity contribution in [1.29, 1.82) is 0 Å². The summed E-state index contributed by atoms with van der Waals surface area (Å²) in [6.07, 6.45) is 3.96. The van der Waals surface area contributed by atoms with E-state index in [0.717, 1.165) is 44.6 Å². The molecule has 2 rings (SSSR count). The van der Waals surface area contributed by atoms with Gasteiger partial charge in [-0.2, -0.15) is 0 Å². The highest BCUT2D eigenvalue weighted by molar-refractivity contribution is 7.89. The van der Waals surface area contributed by atoms with Gasteiger partial charge in [-0.1, -0.05) is 25.5 Å². The van der Waals surface area contributed by atoms with Crippen LogP contribution < -0.4 is 10.1 Å². The SMILES string of the molecule is CCCCOc1ccc(CNC2CCN(S(=O)(=O)CC)CC2)cc1. The molecule has 1 heterocycles. The standard InChI is InChI=1S/C18H30N2O3S/c1-3-5-14-23-18-8-6-16(7-9-18)15-19-17-10-12-20(13-11-17)24(21,22)4-2/h6-9,17,19H,3-5,10-15H2,1-2H3. The van der Waals surface area contributed by atoms with Gasteiger partial charge in [0.05, 0.1) is 12.4 Å². The maximum atomic E-state index is 11.9. The van der Waals surface area contributed by atoms with Crippen molar-refractivity contribution in [3.05, 3.63) is 29.8 Å². The molecular weight excluding hydrogens is 324 g/mol. The molecule has 0 atom stereocenters. The summed E-state index contributed by atoms with van der Waals surface area (Å²) in [6.45, 7) is 6.68. The van der Waals surface area contributed by atoms with Gasteiger partial charge in [0.15, 0.2) is 0 Å². The van der Waals surface area contributed by atoms with Crippen LogP contribution in [0.1, 0.15) is 45.1 Å². The molecule has 136 valence electrons. The fraction of sp³-hybridized carbons (Fsp3) is 0.667. The third kappa shape index (κ3) is 5.76. The van der Waals surface area contributed by atoms with E-state index in [1.807, 2.05) is 12.1 Å². The second-order valence-corrected chi connectivity index (χ2v) is 8.56. The number of rotatable bonds is 9. The van der Waals surface area contributed by atoms with E-state index in [-0.39, 0.29) is 5.75 Å². The van der Waals surface area contributed by atoms with Crippen molar-refractivity contribution >= 4 is 10.0 Å². The first-order chi connectivity index (χ1) is 11.5. The van der Waals surface area contributed by atoms with Gasteiger partial charge in [0, 0.05) is 25.7 Å². The van der Waals surface area contributed by atoms with Crippen molar-refractivity contribution in [3.63, 3.8) is 0 Å². The smallest absolute Gasteiger partial charge is 0.213 e. The van der Waals surface area contributed by atoms with Crippen LogP contribution in [0.4, 0.5) is 0 Å². The van der Waals surface area contributed by atoms with Gasteiger partial charge in [0.1, 0.15) is 5.75 Å².